The fourth-order valence-corrected chi connectivity index (χ4v) is 2.02. The molecule has 2 rings (SSSR count). The zero-order chi connectivity index (χ0) is 11.4. The highest BCUT2D eigenvalue weighted by Gasteiger charge is 2.05. The Kier molecular flexibility index (Phi) is 3.36. The molecule has 0 aliphatic heterocycles. The van der Waals surface area contributed by atoms with Crippen LogP contribution in [0.25, 0.3) is 0 Å². The summed E-state index contributed by atoms with van der Waals surface area (Å²) in [7, 11) is 0. The minimum atomic E-state index is 0.00287. The van der Waals surface area contributed by atoms with Gasteiger partial charge in [0.05, 0.1) is 18.7 Å². The smallest absolute Gasteiger partial charge is 0.225 e. The maximum absolute atomic E-state index is 11.5. The molecule has 84 valence electrons. The van der Waals surface area contributed by atoms with Gasteiger partial charge < -0.3 is 9.73 Å². The van der Waals surface area contributed by atoms with E-state index in [0.29, 0.717) is 18.9 Å². The molecule has 0 aromatic carbocycles. The van der Waals surface area contributed by atoms with Gasteiger partial charge in [-0.05, 0) is 11.4 Å². The highest BCUT2D eigenvalue weighted by Crippen LogP contribution is 2.08. The summed E-state index contributed by atoms with van der Waals surface area (Å²) in [5, 5.41) is 4.76. The molecule has 0 saturated carbocycles. The van der Waals surface area contributed by atoms with Crippen molar-refractivity contribution < 1.29 is 9.21 Å². The number of hydrogen-bond acceptors (Lipinski definition) is 4. The van der Waals surface area contributed by atoms with Gasteiger partial charge in [-0.15, -0.1) is 11.3 Å². The van der Waals surface area contributed by atoms with Gasteiger partial charge >= 0.3 is 0 Å². The van der Waals surface area contributed by atoms with E-state index >= 15 is 0 Å². The molecular weight excluding hydrogens is 224 g/mol. The van der Waals surface area contributed by atoms with E-state index < -0.39 is 0 Å². The van der Waals surface area contributed by atoms with Gasteiger partial charge in [0, 0.05) is 11.8 Å². The van der Waals surface area contributed by atoms with Crippen LogP contribution >= 0.6 is 11.3 Å². The average Bonchev–Trinajstić information content (AvgIpc) is 2.87. The van der Waals surface area contributed by atoms with E-state index in [9.17, 15) is 4.79 Å². The predicted molar refractivity (Wildman–Crippen MR) is 61.1 cm³/mol. The molecule has 0 radical (unpaired) electrons. The second-order valence-corrected chi connectivity index (χ2v) is 4.42. The van der Waals surface area contributed by atoms with E-state index in [1.54, 1.807) is 24.5 Å². The maximum Gasteiger partial charge on any atom is 0.225 e. The molecule has 2 heterocycles. The van der Waals surface area contributed by atoms with Crippen LogP contribution in [0.5, 0.6) is 0 Å². The van der Waals surface area contributed by atoms with Crippen LogP contribution in [0.2, 0.25) is 0 Å². The Labute approximate surface area is 97.3 Å². The Hall–Kier alpha value is -1.62. The molecule has 0 aliphatic rings. The molecule has 1 amide bonds. The van der Waals surface area contributed by atoms with Crippen LogP contribution in [0, 0.1) is 6.92 Å². The lowest BCUT2D eigenvalue weighted by Gasteiger charge is -2.00. The lowest BCUT2D eigenvalue weighted by molar-refractivity contribution is -0.120. The van der Waals surface area contributed by atoms with E-state index in [-0.39, 0.29) is 5.91 Å². The summed E-state index contributed by atoms with van der Waals surface area (Å²) in [6.45, 7) is 2.19. The van der Waals surface area contributed by atoms with Crippen LogP contribution in [0.3, 0.4) is 0 Å². The molecule has 1 N–H and O–H groups in total. The van der Waals surface area contributed by atoms with Crippen molar-refractivity contribution in [1.29, 1.82) is 0 Å². The molecule has 5 heteroatoms. The van der Waals surface area contributed by atoms with Crippen LogP contribution in [-0.2, 0) is 17.8 Å². The minimum Gasteiger partial charge on any atom is -0.449 e. The van der Waals surface area contributed by atoms with E-state index in [1.165, 1.54) is 0 Å². The first kappa shape index (κ1) is 10.9. The third-order valence-corrected chi connectivity index (χ3v) is 2.92. The quantitative estimate of drug-likeness (QED) is 0.882. The predicted octanol–water partition coefficient (Wildman–Crippen LogP) is 1.90. The number of nitrogens with zero attached hydrogens (tertiary/aromatic N) is 1. The molecule has 4 nitrogen and oxygen atoms in total. The molecule has 2 aromatic rings. The number of hydrogen-bond donors (Lipinski definition) is 1. The molecule has 0 bridgehead atoms. The van der Waals surface area contributed by atoms with Crippen molar-refractivity contribution in [3.05, 3.63) is 40.2 Å². The minimum absolute atomic E-state index is 0.00287. The summed E-state index contributed by atoms with van der Waals surface area (Å²) in [6, 6.07) is 3.89. The number of carbonyl (C=O) groups is 1. The molecule has 2 aromatic heterocycles. The van der Waals surface area contributed by atoms with Gasteiger partial charge in [0.15, 0.2) is 5.89 Å². The van der Waals surface area contributed by atoms with Gasteiger partial charge in [-0.2, -0.15) is 0 Å². The van der Waals surface area contributed by atoms with Crippen molar-refractivity contribution >= 4 is 17.2 Å². The van der Waals surface area contributed by atoms with Crippen molar-refractivity contribution in [1.82, 2.24) is 10.3 Å². The summed E-state index contributed by atoms with van der Waals surface area (Å²) >= 11 is 1.58. The number of aromatic nitrogens is 1. The Bertz CT molecular complexity index is 462. The maximum atomic E-state index is 11.5. The Morgan fingerprint density at radius 3 is 3.12 bits per heavy atom. The van der Waals surface area contributed by atoms with Gasteiger partial charge in [-0.3, -0.25) is 4.79 Å². The van der Waals surface area contributed by atoms with Crippen LogP contribution < -0.4 is 5.32 Å². The third-order valence-electron chi connectivity index (χ3n) is 2.05. The van der Waals surface area contributed by atoms with E-state index in [1.807, 2.05) is 17.5 Å². The van der Waals surface area contributed by atoms with E-state index in [4.69, 9.17) is 4.42 Å². The van der Waals surface area contributed by atoms with Crippen LogP contribution in [0.1, 0.15) is 16.5 Å². The topological polar surface area (TPSA) is 55.1 Å². The zero-order valence-electron chi connectivity index (χ0n) is 8.90. The van der Waals surface area contributed by atoms with Crippen LogP contribution in [-0.4, -0.2) is 10.9 Å². The van der Waals surface area contributed by atoms with Gasteiger partial charge in [0.2, 0.25) is 5.91 Å². The molecule has 0 aliphatic carbocycles. The standard InChI is InChI=1S/C11H12N2O2S/c1-8-13-9(7-15-8)6-12-11(14)5-10-3-2-4-16-10/h2-4,7H,5-6H2,1H3,(H,12,14). The van der Waals surface area contributed by atoms with E-state index in [0.717, 1.165) is 10.6 Å². The Morgan fingerprint density at radius 1 is 1.62 bits per heavy atom. The summed E-state index contributed by atoms with van der Waals surface area (Å²) in [5.74, 6) is 0.616. The first-order valence-corrected chi connectivity index (χ1v) is 5.82. The number of thiophene rings is 1. The Morgan fingerprint density at radius 2 is 2.50 bits per heavy atom. The van der Waals surface area contributed by atoms with Crippen molar-refractivity contribution in [2.45, 2.75) is 19.9 Å². The molecule has 0 spiro atoms. The molecular formula is C11H12N2O2S. The fraction of sp³-hybridized carbons (Fsp3) is 0.273. The molecule has 0 fully saturated rings. The summed E-state index contributed by atoms with van der Waals surface area (Å²) < 4.78 is 5.04. The average molecular weight is 236 g/mol. The lowest BCUT2D eigenvalue weighted by atomic mass is 10.3. The lowest BCUT2D eigenvalue weighted by Crippen LogP contribution is -2.24. The van der Waals surface area contributed by atoms with Gasteiger partial charge in [0.1, 0.15) is 6.26 Å². The third kappa shape index (κ3) is 2.93. The fourth-order valence-electron chi connectivity index (χ4n) is 1.31. The SMILES string of the molecule is Cc1nc(CNC(=O)Cc2cccs2)co1. The van der Waals surface area contributed by atoms with Crippen LogP contribution in [0.15, 0.2) is 28.2 Å². The van der Waals surface area contributed by atoms with E-state index in [2.05, 4.69) is 10.3 Å². The monoisotopic (exact) mass is 236 g/mol. The number of oxazole rings is 1. The summed E-state index contributed by atoms with van der Waals surface area (Å²) in [4.78, 5) is 16.7. The highest BCUT2D eigenvalue weighted by molar-refractivity contribution is 7.10. The molecule has 0 atom stereocenters. The molecule has 0 unspecified atom stereocenters. The number of amides is 1. The number of aryl methyl sites for hydroxylation is 1. The van der Waals surface area contributed by atoms with Gasteiger partial charge in [-0.1, -0.05) is 6.07 Å². The zero-order valence-corrected chi connectivity index (χ0v) is 9.71. The Balaban J connectivity index is 1.80. The summed E-state index contributed by atoms with van der Waals surface area (Å²) in [5.41, 5.74) is 0.747. The van der Waals surface area contributed by atoms with Crippen LogP contribution in [0.4, 0.5) is 0 Å². The first-order chi connectivity index (χ1) is 7.74. The first-order valence-electron chi connectivity index (χ1n) is 4.94. The number of carbonyl (C=O) groups excluding carboxylic acids is 1. The van der Waals surface area contributed by atoms with Crippen molar-refractivity contribution in [2.75, 3.05) is 0 Å². The normalized spacial score (nSPS) is 10.3. The number of rotatable bonds is 4. The molecule has 0 saturated heterocycles. The second-order valence-electron chi connectivity index (χ2n) is 3.39. The molecule has 16 heavy (non-hydrogen) atoms. The highest BCUT2D eigenvalue weighted by atomic mass is 32.1. The van der Waals surface area contributed by atoms with Gasteiger partial charge in [-0.25, -0.2) is 4.98 Å². The van der Waals surface area contributed by atoms with Gasteiger partial charge in [0.25, 0.3) is 0 Å². The van der Waals surface area contributed by atoms with Crippen molar-refractivity contribution in [3.8, 4) is 0 Å². The largest absolute Gasteiger partial charge is 0.449 e. The summed E-state index contributed by atoms with van der Waals surface area (Å²) in [6.07, 6.45) is 1.98. The van der Waals surface area contributed by atoms with Crippen molar-refractivity contribution in [3.63, 3.8) is 0 Å². The van der Waals surface area contributed by atoms with Crippen molar-refractivity contribution in [2.24, 2.45) is 0 Å². The number of nitrogens with one attached hydrogen (secondary N) is 1. The second kappa shape index (κ2) is 4.94.